The molecule has 0 aliphatic carbocycles. The minimum atomic E-state index is -0.235. The van der Waals surface area contributed by atoms with Crippen molar-refractivity contribution in [3.05, 3.63) is 71.5 Å². The fourth-order valence-electron chi connectivity index (χ4n) is 3.34. The van der Waals surface area contributed by atoms with Gasteiger partial charge in [0.2, 0.25) is 11.8 Å². The van der Waals surface area contributed by atoms with Crippen LogP contribution in [0.5, 0.6) is 0 Å². The Kier molecular flexibility index (Phi) is 6.09. The number of H-pyrrole nitrogens is 1. The van der Waals surface area contributed by atoms with Crippen molar-refractivity contribution in [2.24, 2.45) is 0 Å². The van der Waals surface area contributed by atoms with Crippen molar-refractivity contribution in [1.29, 1.82) is 0 Å². The van der Waals surface area contributed by atoms with Gasteiger partial charge < -0.3 is 15.6 Å². The highest BCUT2D eigenvalue weighted by molar-refractivity contribution is 7.99. The maximum atomic E-state index is 13.1. The summed E-state index contributed by atoms with van der Waals surface area (Å²) in [5.41, 5.74) is 2.90. The first-order valence-corrected chi connectivity index (χ1v) is 10.9. The molecule has 0 unspecified atom stereocenters. The number of benzene rings is 2. The molecule has 0 saturated heterocycles. The summed E-state index contributed by atoms with van der Waals surface area (Å²) in [5.74, 6) is -0.325. The monoisotopic (exact) mass is 447 g/mol. The van der Waals surface area contributed by atoms with Crippen LogP contribution in [0, 0.1) is 0 Å². The molecule has 3 N–H and O–H groups in total. The van der Waals surface area contributed by atoms with E-state index in [0.29, 0.717) is 27.6 Å². The number of fused-ring (bicyclic) bond motifs is 3. The van der Waals surface area contributed by atoms with Crippen LogP contribution in [0.2, 0.25) is 0 Å². The van der Waals surface area contributed by atoms with E-state index in [1.165, 1.54) is 23.3 Å². The minimum Gasteiger partial charge on any atom is -0.349 e. The maximum absolute atomic E-state index is 13.1. The van der Waals surface area contributed by atoms with Crippen LogP contribution in [0.3, 0.4) is 0 Å². The fraction of sp³-hybridized carbons (Fsp3) is 0.130. The van der Waals surface area contributed by atoms with Crippen molar-refractivity contribution in [3.8, 4) is 0 Å². The van der Waals surface area contributed by atoms with Crippen molar-refractivity contribution in [2.75, 3.05) is 16.4 Å². The van der Waals surface area contributed by atoms with Gasteiger partial charge in [-0.1, -0.05) is 36.0 Å². The van der Waals surface area contributed by atoms with Gasteiger partial charge in [0.25, 0.3) is 5.56 Å². The second kappa shape index (κ2) is 9.11. The van der Waals surface area contributed by atoms with E-state index in [4.69, 9.17) is 0 Å². The zero-order valence-corrected chi connectivity index (χ0v) is 18.2. The van der Waals surface area contributed by atoms with Gasteiger partial charge in [-0.25, -0.2) is 4.98 Å². The lowest BCUT2D eigenvalue weighted by Crippen LogP contribution is -2.23. The molecule has 2 aromatic carbocycles. The number of amides is 2. The van der Waals surface area contributed by atoms with Gasteiger partial charge in [0.1, 0.15) is 11.0 Å². The molecule has 2 aromatic heterocycles. The number of aromatic nitrogens is 3. The number of carbonyl (C=O) groups is 2. The largest absolute Gasteiger partial charge is 0.349 e. The highest BCUT2D eigenvalue weighted by Crippen LogP contribution is 2.25. The van der Waals surface area contributed by atoms with Gasteiger partial charge >= 0.3 is 0 Å². The second-order valence-corrected chi connectivity index (χ2v) is 8.03. The lowest BCUT2D eigenvalue weighted by atomic mass is 10.2. The number of carbonyl (C=O) groups excluding carboxylic acids is 2. The van der Waals surface area contributed by atoms with Crippen LogP contribution in [0.25, 0.3) is 21.9 Å². The van der Waals surface area contributed by atoms with Crippen LogP contribution >= 0.6 is 11.8 Å². The third kappa shape index (κ3) is 4.42. The Balaban J connectivity index is 1.55. The molecule has 0 atom stereocenters. The van der Waals surface area contributed by atoms with E-state index in [-0.39, 0.29) is 29.7 Å². The van der Waals surface area contributed by atoms with Crippen LogP contribution in [0.15, 0.2) is 71.1 Å². The molecule has 0 saturated carbocycles. The van der Waals surface area contributed by atoms with E-state index in [2.05, 4.69) is 27.2 Å². The average molecular weight is 448 g/mol. The number of anilines is 2. The number of allylic oxidation sites excluding steroid dienone is 1. The Morgan fingerprint density at radius 3 is 2.50 bits per heavy atom. The first-order chi connectivity index (χ1) is 15.5. The molecule has 2 heterocycles. The summed E-state index contributed by atoms with van der Waals surface area (Å²) < 4.78 is 1.50. The predicted molar refractivity (Wildman–Crippen MR) is 128 cm³/mol. The van der Waals surface area contributed by atoms with Crippen LogP contribution in [0.1, 0.15) is 6.92 Å². The SMILES string of the molecule is C=CCn1c(SCC(=O)Nc2ccc(NC(C)=O)cc2)nc2c([nH]c3ccccc32)c1=O. The molecule has 0 spiro atoms. The number of aromatic amines is 1. The molecule has 162 valence electrons. The molecule has 4 aromatic rings. The van der Waals surface area contributed by atoms with Crippen LogP contribution in [-0.4, -0.2) is 32.1 Å². The Hall–Kier alpha value is -3.85. The van der Waals surface area contributed by atoms with Gasteiger partial charge in [0.05, 0.1) is 5.75 Å². The molecule has 8 nitrogen and oxygen atoms in total. The van der Waals surface area contributed by atoms with Crippen molar-refractivity contribution >= 4 is 56.9 Å². The zero-order chi connectivity index (χ0) is 22.7. The molecule has 0 bridgehead atoms. The average Bonchev–Trinajstić information content (AvgIpc) is 3.14. The van der Waals surface area contributed by atoms with Crippen molar-refractivity contribution in [3.63, 3.8) is 0 Å². The maximum Gasteiger partial charge on any atom is 0.278 e. The highest BCUT2D eigenvalue weighted by Gasteiger charge is 2.16. The van der Waals surface area contributed by atoms with Crippen molar-refractivity contribution in [1.82, 2.24) is 14.5 Å². The third-order valence-corrected chi connectivity index (χ3v) is 5.69. The lowest BCUT2D eigenvalue weighted by Gasteiger charge is -2.10. The number of para-hydroxylation sites is 1. The van der Waals surface area contributed by atoms with Crippen molar-refractivity contribution < 1.29 is 9.59 Å². The summed E-state index contributed by atoms with van der Waals surface area (Å²) in [5, 5.41) is 6.78. The van der Waals surface area contributed by atoms with E-state index in [0.717, 1.165) is 10.9 Å². The predicted octanol–water partition coefficient (Wildman–Crippen LogP) is 3.75. The van der Waals surface area contributed by atoms with Gasteiger partial charge in [0, 0.05) is 35.7 Å². The van der Waals surface area contributed by atoms with E-state index in [1.807, 2.05) is 24.3 Å². The molecule has 0 aliphatic rings. The zero-order valence-electron chi connectivity index (χ0n) is 17.3. The summed E-state index contributed by atoms with van der Waals surface area (Å²) in [6.07, 6.45) is 1.62. The first-order valence-electron chi connectivity index (χ1n) is 9.88. The van der Waals surface area contributed by atoms with E-state index in [1.54, 1.807) is 30.3 Å². The fourth-order valence-corrected chi connectivity index (χ4v) is 4.14. The normalized spacial score (nSPS) is 10.9. The Labute approximate surface area is 187 Å². The smallest absolute Gasteiger partial charge is 0.278 e. The number of hydrogen-bond donors (Lipinski definition) is 3. The molecule has 0 aliphatic heterocycles. The van der Waals surface area contributed by atoms with Gasteiger partial charge in [-0.2, -0.15) is 0 Å². The Morgan fingerprint density at radius 1 is 1.12 bits per heavy atom. The van der Waals surface area contributed by atoms with E-state index in [9.17, 15) is 14.4 Å². The van der Waals surface area contributed by atoms with Crippen molar-refractivity contribution in [2.45, 2.75) is 18.6 Å². The second-order valence-electron chi connectivity index (χ2n) is 7.09. The van der Waals surface area contributed by atoms with E-state index < -0.39 is 0 Å². The number of hydrogen-bond acceptors (Lipinski definition) is 5. The van der Waals surface area contributed by atoms with Crippen LogP contribution < -0.4 is 16.2 Å². The number of nitrogens with zero attached hydrogens (tertiary/aromatic N) is 2. The van der Waals surface area contributed by atoms with E-state index >= 15 is 0 Å². The quantitative estimate of drug-likeness (QED) is 0.227. The highest BCUT2D eigenvalue weighted by atomic mass is 32.2. The molecule has 32 heavy (non-hydrogen) atoms. The first kappa shape index (κ1) is 21.4. The van der Waals surface area contributed by atoms with Gasteiger partial charge in [-0.05, 0) is 30.3 Å². The Bertz CT molecular complexity index is 1390. The Morgan fingerprint density at radius 2 is 1.81 bits per heavy atom. The summed E-state index contributed by atoms with van der Waals surface area (Å²) in [7, 11) is 0. The summed E-state index contributed by atoms with van der Waals surface area (Å²) in [6.45, 7) is 5.44. The van der Waals surface area contributed by atoms with Crippen LogP contribution in [0.4, 0.5) is 11.4 Å². The molecule has 4 rings (SSSR count). The molecule has 0 fully saturated rings. The summed E-state index contributed by atoms with van der Waals surface area (Å²) >= 11 is 1.19. The number of thioether (sulfide) groups is 1. The standard InChI is InChI=1S/C23H21N5O3S/c1-3-12-28-22(31)21-20(17-6-4-5-7-18(17)26-21)27-23(28)32-13-19(30)25-16-10-8-15(9-11-16)24-14(2)29/h3-11,26H,1,12-13H2,2H3,(H,24,29)(H,25,30). The topological polar surface area (TPSA) is 109 Å². The third-order valence-electron chi connectivity index (χ3n) is 4.71. The number of nitrogens with one attached hydrogen (secondary N) is 3. The molecule has 2 amide bonds. The number of rotatable bonds is 7. The lowest BCUT2D eigenvalue weighted by molar-refractivity contribution is -0.114. The van der Waals surface area contributed by atoms with Gasteiger partial charge in [-0.3, -0.25) is 19.0 Å². The van der Waals surface area contributed by atoms with Crippen LogP contribution in [-0.2, 0) is 16.1 Å². The van der Waals surface area contributed by atoms with Gasteiger partial charge in [0.15, 0.2) is 5.16 Å². The molecule has 0 radical (unpaired) electrons. The summed E-state index contributed by atoms with van der Waals surface area (Å²) in [4.78, 5) is 44.5. The molecular weight excluding hydrogens is 426 g/mol. The molecular formula is C23H21N5O3S. The molecule has 9 heteroatoms. The minimum absolute atomic E-state index is 0.0743. The summed E-state index contributed by atoms with van der Waals surface area (Å²) in [6, 6.07) is 14.4. The van der Waals surface area contributed by atoms with Gasteiger partial charge in [-0.15, -0.1) is 6.58 Å².